The molecule has 0 spiro atoms. The smallest absolute Gasteiger partial charge is 0.175 e. The number of sulfone groups is 1. The predicted molar refractivity (Wildman–Crippen MR) is 88.2 cm³/mol. The van der Waals surface area contributed by atoms with Crippen LogP contribution in [0.5, 0.6) is 0 Å². The zero-order valence-corrected chi connectivity index (χ0v) is 13.2. The molecule has 0 saturated heterocycles. The Morgan fingerprint density at radius 1 is 0.913 bits per heavy atom. The van der Waals surface area contributed by atoms with Crippen LogP contribution in [-0.4, -0.2) is 19.7 Å². The first-order valence-corrected chi connectivity index (χ1v) is 8.86. The largest absolute Gasteiger partial charge is 0.253 e. The Balaban J connectivity index is 2.14. The molecular formula is C18H14FNO2S. The fourth-order valence-electron chi connectivity index (χ4n) is 2.37. The number of halogens is 1. The van der Waals surface area contributed by atoms with Crippen LogP contribution >= 0.6 is 0 Å². The summed E-state index contributed by atoms with van der Waals surface area (Å²) in [5.74, 6) is -0.438. The Morgan fingerprint density at radius 2 is 1.57 bits per heavy atom. The molecule has 0 aliphatic rings. The summed E-state index contributed by atoms with van der Waals surface area (Å²) in [5.41, 5.74) is 2.85. The van der Waals surface area contributed by atoms with E-state index in [0.29, 0.717) is 16.8 Å². The summed E-state index contributed by atoms with van der Waals surface area (Å²) in [7, 11) is -3.26. The highest BCUT2D eigenvalue weighted by atomic mass is 32.2. The molecule has 0 unspecified atom stereocenters. The lowest BCUT2D eigenvalue weighted by Crippen LogP contribution is -1.97. The Kier molecular flexibility index (Phi) is 3.96. The van der Waals surface area contributed by atoms with Crippen LogP contribution in [0.15, 0.2) is 71.8 Å². The van der Waals surface area contributed by atoms with Crippen molar-refractivity contribution in [3.63, 3.8) is 0 Å². The van der Waals surface area contributed by atoms with Gasteiger partial charge in [0.25, 0.3) is 0 Å². The third-order valence-electron chi connectivity index (χ3n) is 3.50. The molecule has 5 heteroatoms. The topological polar surface area (TPSA) is 47.0 Å². The quantitative estimate of drug-likeness (QED) is 0.731. The highest BCUT2D eigenvalue weighted by Crippen LogP contribution is 2.31. The molecule has 2 aromatic carbocycles. The van der Waals surface area contributed by atoms with E-state index in [9.17, 15) is 12.8 Å². The van der Waals surface area contributed by atoms with Crippen molar-refractivity contribution in [3.05, 3.63) is 72.7 Å². The van der Waals surface area contributed by atoms with Crippen molar-refractivity contribution in [1.29, 1.82) is 0 Å². The van der Waals surface area contributed by atoms with Gasteiger partial charge in [0.05, 0.1) is 16.8 Å². The molecule has 1 heterocycles. The van der Waals surface area contributed by atoms with Gasteiger partial charge >= 0.3 is 0 Å². The fourth-order valence-corrected chi connectivity index (χ4v) is 3.00. The van der Waals surface area contributed by atoms with Crippen LogP contribution in [0.3, 0.4) is 0 Å². The fraction of sp³-hybridized carbons (Fsp3) is 0.0556. The summed E-state index contributed by atoms with van der Waals surface area (Å²) in [4.78, 5) is 4.43. The van der Waals surface area contributed by atoms with Crippen LogP contribution in [0.2, 0.25) is 0 Å². The summed E-state index contributed by atoms with van der Waals surface area (Å²) < 4.78 is 36.8. The predicted octanol–water partition coefficient (Wildman–Crippen LogP) is 3.96. The van der Waals surface area contributed by atoms with E-state index in [4.69, 9.17) is 0 Å². The van der Waals surface area contributed by atoms with Gasteiger partial charge in [0.1, 0.15) is 5.82 Å². The molecule has 0 radical (unpaired) electrons. The molecule has 116 valence electrons. The van der Waals surface area contributed by atoms with E-state index in [1.54, 1.807) is 12.1 Å². The van der Waals surface area contributed by atoms with Gasteiger partial charge in [-0.25, -0.2) is 12.8 Å². The highest BCUT2D eigenvalue weighted by molar-refractivity contribution is 7.90. The van der Waals surface area contributed by atoms with Crippen molar-refractivity contribution in [1.82, 2.24) is 4.98 Å². The van der Waals surface area contributed by atoms with Crippen molar-refractivity contribution in [2.75, 3.05) is 6.26 Å². The maximum Gasteiger partial charge on any atom is 0.175 e. The van der Waals surface area contributed by atoms with E-state index in [2.05, 4.69) is 4.98 Å². The first-order chi connectivity index (χ1) is 10.9. The minimum Gasteiger partial charge on any atom is -0.253 e. The van der Waals surface area contributed by atoms with E-state index < -0.39 is 15.7 Å². The average Bonchev–Trinajstić information content (AvgIpc) is 2.55. The van der Waals surface area contributed by atoms with Crippen LogP contribution in [0, 0.1) is 5.82 Å². The average molecular weight is 327 g/mol. The Labute approximate surface area is 134 Å². The van der Waals surface area contributed by atoms with Crippen molar-refractivity contribution in [2.45, 2.75) is 4.90 Å². The molecule has 1 aromatic heterocycles. The molecular weight excluding hydrogens is 313 g/mol. The number of pyridine rings is 1. The number of rotatable bonds is 3. The van der Waals surface area contributed by atoms with E-state index >= 15 is 0 Å². The lowest BCUT2D eigenvalue weighted by molar-refractivity contribution is 0.602. The molecule has 0 aliphatic heterocycles. The second-order valence-corrected chi connectivity index (χ2v) is 7.23. The monoisotopic (exact) mass is 327 g/mol. The second kappa shape index (κ2) is 5.93. The van der Waals surface area contributed by atoms with Gasteiger partial charge in [-0.15, -0.1) is 0 Å². The van der Waals surface area contributed by atoms with Gasteiger partial charge in [-0.05, 0) is 23.8 Å². The van der Waals surface area contributed by atoms with E-state index in [1.807, 2.05) is 30.3 Å². The molecule has 0 atom stereocenters. The second-order valence-electron chi connectivity index (χ2n) is 5.21. The molecule has 0 aliphatic carbocycles. The molecule has 3 rings (SSSR count). The van der Waals surface area contributed by atoms with E-state index in [-0.39, 0.29) is 4.90 Å². The molecule has 0 saturated carbocycles. The molecule has 0 amide bonds. The summed E-state index contributed by atoms with van der Waals surface area (Å²) >= 11 is 0. The molecule has 3 nitrogen and oxygen atoms in total. The summed E-state index contributed by atoms with van der Waals surface area (Å²) in [6.45, 7) is 0. The SMILES string of the molecule is CS(=O)(=O)c1ccc(-c2cc(F)cnc2-c2ccccc2)cc1. The molecule has 0 N–H and O–H groups in total. The van der Waals surface area contributed by atoms with Gasteiger partial charge in [-0.1, -0.05) is 42.5 Å². The first kappa shape index (κ1) is 15.4. The van der Waals surface area contributed by atoms with Gasteiger partial charge < -0.3 is 0 Å². The number of aromatic nitrogens is 1. The minimum absolute atomic E-state index is 0.229. The van der Waals surface area contributed by atoms with E-state index in [1.165, 1.54) is 24.4 Å². The van der Waals surface area contributed by atoms with Crippen LogP contribution in [0.25, 0.3) is 22.4 Å². The summed E-state index contributed by atoms with van der Waals surface area (Å²) in [6, 6.07) is 17.2. The summed E-state index contributed by atoms with van der Waals surface area (Å²) in [5, 5.41) is 0. The summed E-state index contributed by atoms with van der Waals surface area (Å²) in [6.07, 6.45) is 2.33. The zero-order chi connectivity index (χ0) is 16.4. The first-order valence-electron chi connectivity index (χ1n) is 6.96. The van der Waals surface area contributed by atoms with Crippen molar-refractivity contribution < 1.29 is 12.8 Å². The van der Waals surface area contributed by atoms with Gasteiger partial charge in [0, 0.05) is 17.4 Å². The van der Waals surface area contributed by atoms with Crippen LogP contribution < -0.4 is 0 Å². The van der Waals surface area contributed by atoms with Gasteiger partial charge in [-0.3, -0.25) is 4.98 Å². The van der Waals surface area contributed by atoms with E-state index in [0.717, 1.165) is 11.8 Å². The van der Waals surface area contributed by atoms with Crippen molar-refractivity contribution in [3.8, 4) is 22.4 Å². The van der Waals surface area contributed by atoms with Gasteiger partial charge in [0.2, 0.25) is 0 Å². The van der Waals surface area contributed by atoms with Crippen LogP contribution in [0.1, 0.15) is 0 Å². The Bertz CT molecular complexity index is 937. The number of hydrogen-bond acceptors (Lipinski definition) is 3. The maximum atomic E-state index is 13.7. The third kappa shape index (κ3) is 3.29. The number of hydrogen-bond donors (Lipinski definition) is 0. The lowest BCUT2D eigenvalue weighted by atomic mass is 9.99. The zero-order valence-electron chi connectivity index (χ0n) is 12.4. The highest BCUT2D eigenvalue weighted by Gasteiger charge is 2.12. The lowest BCUT2D eigenvalue weighted by Gasteiger charge is -2.10. The van der Waals surface area contributed by atoms with Gasteiger partial charge in [-0.2, -0.15) is 0 Å². The van der Waals surface area contributed by atoms with Crippen LogP contribution in [0.4, 0.5) is 4.39 Å². The maximum absolute atomic E-state index is 13.7. The third-order valence-corrected chi connectivity index (χ3v) is 4.62. The Hall–Kier alpha value is -2.53. The molecule has 23 heavy (non-hydrogen) atoms. The Morgan fingerprint density at radius 3 is 2.17 bits per heavy atom. The minimum atomic E-state index is -3.26. The van der Waals surface area contributed by atoms with Gasteiger partial charge in [0.15, 0.2) is 9.84 Å². The van der Waals surface area contributed by atoms with Crippen molar-refractivity contribution in [2.24, 2.45) is 0 Å². The molecule has 0 fully saturated rings. The van der Waals surface area contributed by atoms with Crippen LogP contribution in [-0.2, 0) is 9.84 Å². The normalized spacial score (nSPS) is 11.4. The number of benzene rings is 2. The molecule has 3 aromatic rings. The molecule has 0 bridgehead atoms. The van der Waals surface area contributed by atoms with Crippen molar-refractivity contribution >= 4 is 9.84 Å². The standard InChI is InChI=1S/C18H14FNO2S/c1-23(21,22)16-9-7-13(8-10-16)17-11-15(19)12-20-18(17)14-5-3-2-4-6-14/h2-12H,1H3. The number of nitrogens with zero attached hydrogens (tertiary/aromatic N) is 1.